The lowest BCUT2D eigenvalue weighted by molar-refractivity contribution is 1.01. The maximum Gasteiger partial charge on any atom is 0.0547 e. The Morgan fingerprint density at radius 3 is 1.90 bits per heavy atom. The van der Waals surface area contributed by atoms with Crippen LogP contribution in [0.4, 0.5) is 0 Å². The zero-order valence-electron chi connectivity index (χ0n) is 23.4. The van der Waals surface area contributed by atoms with Crippen molar-refractivity contribution in [1.82, 2.24) is 4.57 Å². The van der Waals surface area contributed by atoms with E-state index >= 15 is 0 Å². The van der Waals surface area contributed by atoms with Gasteiger partial charge < -0.3 is 4.57 Å². The summed E-state index contributed by atoms with van der Waals surface area (Å²) in [6.45, 7) is 6.46. The quantitative estimate of drug-likeness (QED) is 0.206. The molecule has 1 aliphatic rings. The van der Waals surface area contributed by atoms with E-state index in [9.17, 15) is 0 Å². The number of hydrogen-bond acceptors (Lipinski definition) is 0. The van der Waals surface area contributed by atoms with Crippen molar-refractivity contribution in [3.05, 3.63) is 142 Å². The Kier molecular flexibility index (Phi) is 7.06. The fraction of sp³-hybridized carbons (Fsp3) is 0.103. The number of aromatic nitrogens is 1. The summed E-state index contributed by atoms with van der Waals surface area (Å²) in [6, 6.07) is 35.3. The molecular weight excluding hydrogens is 482 g/mol. The van der Waals surface area contributed by atoms with Crippen molar-refractivity contribution < 1.29 is 0 Å². The Hall–Kier alpha value is -4.84. The molecule has 0 saturated heterocycles. The number of allylic oxidation sites excluding steroid dienone is 2. The molecule has 0 fully saturated rings. The molecule has 4 aromatic carbocycles. The van der Waals surface area contributed by atoms with Crippen molar-refractivity contribution in [2.75, 3.05) is 0 Å². The molecule has 0 unspecified atom stereocenters. The molecule has 40 heavy (non-hydrogen) atoms. The van der Waals surface area contributed by atoms with Gasteiger partial charge in [-0.1, -0.05) is 104 Å². The van der Waals surface area contributed by atoms with Crippen LogP contribution in [-0.2, 0) is 0 Å². The maximum absolute atomic E-state index is 3.30. The van der Waals surface area contributed by atoms with Crippen LogP contribution in [0.3, 0.4) is 0 Å². The summed E-state index contributed by atoms with van der Waals surface area (Å²) >= 11 is 0. The number of fused-ring (bicyclic) bond motifs is 1. The van der Waals surface area contributed by atoms with E-state index in [2.05, 4.69) is 159 Å². The molecule has 6 rings (SSSR count). The molecule has 5 aromatic rings. The van der Waals surface area contributed by atoms with Gasteiger partial charge in [-0.2, -0.15) is 0 Å². The van der Waals surface area contributed by atoms with Crippen LogP contribution in [0.2, 0.25) is 0 Å². The zero-order chi connectivity index (χ0) is 27.5. The van der Waals surface area contributed by atoms with Crippen molar-refractivity contribution in [1.29, 1.82) is 0 Å². The first-order valence-corrected chi connectivity index (χ1v) is 14.0. The highest BCUT2D eigenvalue weighted by atomic mass is 15.0. The summed E-state index contributed by atoms with van der Waals surface area (Å²) in [7, 11) is 0. The van der Waals surface area contributed by atoms with Gasteiger partial charge in [-0.15, -0.1) is 5.73 Å². The van der Waals surface area contributed by atoms with Gasteiger partial charge in [0.15, 0.2) is 0 Å². The van der Waals surface area contributed by atoms with E-state index < -0.39 is 0 Å². The third kappa shape index (κ3) is 4.84. The van der Waals surface area contributed by atoms with Gasteiger partial charge in [0.2, 0.25) is 0 Å². The highest BCUT2D eigenvalue weighted by molar-refractivity contribution is 5.78. The van der Waals surface area contributed by atoms with Gasteiger partial charge in [0.25, 0.3) is 0 Å². The fourth-order valence-electron chi connectivity index (χ4n) is 5.67. The molecule has 0 radical (unpaired) electrons. The van der Waals surface area contributed by atoms with Crippen molar-refractivity contribution in [2.24, 2.45) is 0 Å². The molecule has 0 N–H and O–H groups in total. The summed E-state index contributed by atoms with van der Waals surface area (Å²) in [5, 5.41) is 2.49. The van der Waals surface area contributed by atoms with E-state index in [1.807, 2.05) is 6.08 Å². The molecule has 1 heterocycles. The highest BCUT2D eigenvalue weighted by Crippen LogP contribution is 2.31. The van der Waals surface area contributed by atoms with Gasteiger partial charge in [-0.25, -0.2) is 0 Å². The Morgan fingerprint density at radius 2 is 1.30 bits per heavy atom. The molecule has 0 amide bonds. The third-order valence-corrected chi connectivity index (χ3v) is 7.53. The van der Waals surface area contributed by atoms with Crippen molar-refractivity contribution in [2.45, 2.75) is 27.2 Å². The van der Waals surface area contributed by atoms with Crippen molar-refractivity contribution >= 4 is 24.3 Å². The van der Waals surface area contributed by atoms with Crippen LogP contribution in [0, 0.1) is 6.92 Å². The molecular formula is C39H33N. The second kappa shape index (κ2) is 11.1. The van der Waals surface area contributed by atoms with Gasteiger partial charge in [0.1, 0.15) is 0 Å². The number of benzene rings is 4. The van der Waals surface area contributed by atoms with Gasteiger partial charge in [0.05, 0.1) is 5.69 Å². The monoisotopic (exact) mass is 515 g/mol. The minimum Gasteiger partial charge on any atom is -0.310 e. The fourth-order valence-corrected chi connectivity index (χ4v) is 5.67. The average Bonchev–Trinajstić information content (AvgIpc) is 3.11. The van der Waals surface area contributed by atoms with E-state index in [-0.39, 0.29) is 0 Å². The van der Waals surface area contributed by atoms with E-state index in [1.165, 1.54) is 60.8 Å². The number of nitrogens with zero attached hydrogens (tertiary/aromatic N) is 1. The Balaban J connectivity index is 1.44. The van der Waals surface area contributed by atoms with Crippen molar-refractivity contribution in [3.8, 4) is 39.1 Å². The predicted octanol–water partition coefficient (Wildman–Crippen LogP) is 8.97. The van der Waals surface area contributed by atoms with Crippen LogP contribution in [-0.4, -0.2) is 4.57 Å². The van der Waals surface area contributed by atoms with Crippen LogP contribution < -0.4 is 10.6 Å². The molecule has 194 valence electrons. The first kappa shape index (κ1) is 25.4. The topological polar surface area (TPSA) is 4.93 Å². The highest BCUT2D eigenvalue weighted by Gasteiger charge is 2.14. The van der Waals surface area contributed by atoms with Gasteiger partial charge in [-0.3, -0.25) is 0 Å². The standard InChI is InChI=1S/C39H33N/c1-4-13-38-36(5-2)37-22-7-6-8-23-39(37)40(38)35-21-12-20-34(27-35)33-19-11-18-32(26-33)31-17-10-16-30(25-31)29-15-9-14-28(3)24-29/h5-6,8-27H,4H2,1-3H3/b36-5-,38-13+. The Bertz CT molecular complexity index is 1940. The summed E-state index contributed by atoms with van der Waals surface area (Å²) in [6.07, 6.45) is 13.9. The zero-order valence-corrected chi connectivity index (χ0v) is 23.4. The van der Waals surface area contributed by atoms with E-state index in [1.54, 1.807) is 0 Å². The van der Waals surface area contributed by atoms with Crippen molar-refractivity contribution in [3.63, 3.8) is 0 Å². The summed E-state index contributed by atoms with van der Waals surface area (Å²) in [5.41, 5.74) is 15.5. The van der Waals surface area contributed by atoms with Crippen LogP contribution in [0.1, 0.15) is 37.1 Å². The summed E-state index contributed by atoms with van der Waals surface area (Å²) < 4.78 is 2.39. The average molecular weight is 516 g/mol. The molecule has 1 nitrogen and oxygen atoms in total. The minimum atomic E-state index is 0.969. The lowest BCUT2D eigenvalue weighted by Crippen LogP contribution is -2.29. The molecule has 0 bridgehead atoms. The van der Waals surface area contributed by atoms with Gasteiger partial charge >= 0.3 is 0 Å². The molecule has 1 heteroatoms. The lowest BCUT2D eigenvalue weighted by atomic mass is 9.95. The third-order valence-electron chi connectivity index (χ3n) is 7.53. The smallest absolute Gasteiger partial charge is 0.0547 e. The summed E-state index contributed by atoms with van der Waals surface area (Å²) in [4.78, 5) is 0. The Morgan fingerprint density at radius 1 is 0.725 bits per heavy atom. The molecule has 1 aliphatic carbocycles. The minimum absolute atomic E-state index is 0.969. The first-order chi connectivity index (χ1) is 19.7. The van der Waals surface area contributed by atoms with Gasteiger partial charge in [-0.05, 0) is 96.1 Å². The number of aryl methyl sites for hydroxylation is 1. The van der Waals surface area contributed by atoms with Crippen LogP contribution >= 0.6 is 0 Å². The van der Waals surface area contributed by atoms with E-state index in [4.69, 9.17) is 0 Å². The second-order valence-corrected chi connectivity index (χ2v) is 10.3. The SMILES string of the molecule is C/C=c1/c2c(n(-c3cccc(-c4cccc(-c5cccc(-c6cccc(C)c6)c5)c4)c3)/c1=C/CC)C=CC=C=C2. The normalized spacial score (nSPS) is 13.1. The number of hydrogen-bond donors (Lipinski definition) is 0. The molecule has 1 aromatic heterocycles. The maximum atomic E-state index is 3.30. The van der Waals surface area contributed by atoms with Gasteiger partial charge in [0, 0.05) is 21.8 Å². The number of rotatable bonds is 5. The molecule has 0 saturated carbocycles. The Labute approximate surface area is 237 Å². The molecule has 0 atom stereocenters. The molecule has 0 spiro atoms. The van der Waals surface area contributed by atoms with Crippen LogP contribution in [0.15, 0.2) is 115 Å². The van der Waals surface area contributed by atoms with Crippen LogP contribution in [0.5, 0.6) is 0 Å². The second-order valence-electron chi connectivity index (χ2n) is 10.3. The molecule has 0 aliphatic heterocycles. The van der Waals surface area contributed by atoms with E-state index in [0.717, 1.165) is 12.1 Å². The lowest BCUT2D eigenvalue weighted by Gasteiger charge is -2.12. The van der Waals surface area contributed by atoms with E-state index in [0.29, 0.717) is 0 Å². The predicted molar refractivity (Wildman–Crippen MR) is 173 cm³/mol. The van der Waals surface area contributed by atoms with Crippen LogP contribution in [0.25, 0.3) is 63.4 Å². The first-order valence-electron chi connectivity index (χ1n) is 14.0. The largest absolute Gasteiger partial charge is 0.310 e. The summed E-state index contributed by atoms with van der Waals surface area (Å²) in [5.74, 6) is 0.